The van der Waals surface area contributed by atoms with Gasteiger partial charge >= 0.3 is 0 Å². The Morgan fingerprint density at radius 2 is 1.53 bits per heavy atom. The fourth-order valence-corrected chi connectivity index (χ4v) is 2.63. The van der Waals surface area contributed by atoms with Gasteiger partial charge in [0.2, 0.25) is 0 Å². The van der Waals surface area contributed by atoms with Crippen LogP contribution in [0.15, 0.2) is 24.3 Å². The maximum Gasteiger partial charge on any atom is 0.0236 e. The zero-order valence-corrected chi connectivity index (χ0v) is 13.0. The summed E-state index contributed by atoms with van der Waals surface area (Å²) in [5.74, 6) is 0.712. The molecule has 0 aliphatic carbocycles. The van der Waals surface area contributed by atoms with Crippen LogP contribution >= 0.6 is 0 Å². The number of hydrogen-bond donors (Lipinski definition) is 1. The minimum absolute atomic E-state index is 0.628. The van der Waals surface area contributed by atoms with E-state index in [1.54, 1.807) is 0 Å². The van der Waals surface area contributed by atoms with Crippen LogP contribution in [0.2, 0.25) is 0 Å². The van der Waals surface area contributed by atoms with Gasteiger partial charge in [0.1, 0.15) is 0 Å². The molecule has 2 heteroatoms. The molecule has 108 valence electrons. The van der Waals surface area contributed by atoms with Crippen molar-refractivity contribution in [1.29, 1.82) is 0 Å². The molecule has 19 heavy (non-hydrogen) atoms. The van der Waals surface area contributed by atoms with E-state index in [0.29, 0.717) is 18.5 Å². The Morgan fingerprint density at radius 3 is 1.95 bits per heavy atom. The Labute approximate surface area is 119 Å². The average molecular weight is 262 g/mol. The quantitative estimate of drug-likeness (QED) is 0.772. The molecular formula is C17H30N2. The van der Waals surface area contributed by atoms with Crippen molar-refractivity contribution in [3.05, 3.63) is 35.4 Å². The molecule has 2 nitrogen and oxygen atoms in total. The van der Waals surface area contributed by atoms with E-state index < -0.39 is 0 Å². The second-order valence-corrected chi connectivity index (χ2v) is 5.81. The molecule has 0 saturated heterocycles. The van der Waals surface area contributed by atoms with Crippen molar-refractivity contribution in [3.8, 4) is 0 Å². The lowest BCUT2D eigenvalue weighted by Crippen LogP contribution is -2.36. The van der Waals surface area contributed by atoms with E-state index in [-0.39, 0.29) is 0 Å². The Bertz CT molecular complexity index is 339. The molecule has 0 unspecified atom stereocenters. The third kappa shape index (κ3) is 5.33. The van der Waals surface area contributed by atoms with Crippen LogP contribution < -0.4 is 5.73 Å². The van der Waals surface area contributed by atoms with Crippen LogP contribution in [0.5, 0.6) is 0 Å². The van der Waals surface area contributed by atoms with Crippen molar-refractivity contribution >= 4 is 0 Å². The lowest BCUT2D eigenvalue weighted by Gasteiger charge is -2.32. The summed E-state index contributed by atoms with van der Waals surface area (Å²) in [6, 6.07) is 9.43. The van der Waals surface area contributed by atoms with Crippen LogP contribution in [-0.2, 0) is 13.1 Å². The van der Waals surface area contributed by atoms with E-state index in [9.17, 15) is 0 Å². The zero-order chi connectivity index (χ0) is 14.3. The molecule has 0 aliphatic rings. The first kappa shape index (κ1) is 16.2. The Kier molecular flexibility index (Phi) is 7.11. The van der Waals surface area contributed by atoms with Crippen molar-refractivity contribution < 1.29 is 0 Å². The van der Waals surface area contributed by atoms with E-state index in [0.717, 1.165) is 6.54 Å². The number of benzene rings is 1. The van der Waals surface area contributed by atoms with Crippen molar-refractivity contribution in [1.82, 2.24) is 4.90 Å². The molecule has 0 saturated carbocycles. The smallest absolute Gasteiger partial charge is 0.0236 e. The molecule has 0 aromatic heterocycles. The van der Waals surface area contributed by atoms with E-state index in [1.165, 1.54) is 30.5 Å². The molecule has 2 N–H and O–H groups in total. The Balaban J connectivity index is 2.74. The van der Waals surface area contributed by atoms with Gasteiger partial charge in [-0.25, -0.2) is 0 Å². The molecule has 1 aromatic carbocycles. The minimum Gasteiger partial charge on any atom is -0.326 e. The maximum absolute atomic E-state index is 5.65. The van der Waals surface area contributed by atoms with Gasteiger partial charge in [-0.2, -0.15) is 0 Å². The molecule has 1 rings (SSSR count). The number of rotatable bonds is 8. The Hall–Kier alpha value is -0.860. The second-order valence-electron chi connectivity index (χ2n) is 5.81. The van der Waals surface area contributed by atoms with E-state index in [1.807, 2.05) is 0 Å². The predicted molar refractivity (Wildman–Crippen MR) is 84.0 cm³/mol. The van der Waals surface area contributed by atoms with Gasteiger partial charge in [-0.3, -0.25) is 4.90 Å². The lowest BCUT2D eigenvalue weighted by molar-refractivity contribution is 0.157. The SMILES string of the molecule is CCC(CC)N(Cc1ccc(CN)cc1)CC(C)C. The van der Waals surface area contributed by atoms with Gasteiger partial charge in [-0.05, 0) is 29.9 Å². The third-order valence-electron chi connectivity index (χ3n) is 3.70. The number of nitrogens with zero attached hydrogens (tertiary/aromatic N) is 1. The summed E-state index contributed by atoms with van der Waals surface area (Å²) in [4.78, 5) is 2.63. The lowest BCUT2D eigenvalue weighted by atomic mass is 10.1. The summed E-state index contributed by atoms with van der Waals surface area (Å²) in [6.07, 6.45) is 2.45. The van der Waals surface area contributed by atoms with Gasteiger partial charge in [0.25, 0.3) is 0 Å². The van der Waals surface area contributed by atoms with Gasteiger partial charge in [0, 0.05) is 25.7 Å². The third-order valence-corrected chi connectivity index (χ3v) is 3.70. The first-order valence-corrected chi connectivity index (χ1v) is 7.62. The van der Waals surface area contributed by atoms with Gasteiger partial charge < -0.3 is 5.73 Å². The molecule has 0 amide bonds. The second kappa shape index (κ2) is 8.34. The zero-order valence-electron chi connectivity index (χ0n) is 13.0. The molecule has 0 spiro atoms. The van der Waals surface area contributed by atoms with Crippen LogP contribution in [0.25, 0.3) is 0 Å². The minimum atomic E-state index is 0.628. The molecule has 1 aromatic rings. The van der Waals surface area contributed by atoms with Crippen LogP contribution in [0.4, 0.5) is 0 Å². The average Bonchev–Trinajstić information content (AvgIpc) is 2.40. The molecule has 0 radical (unpaired) electrons. The summed E-state index contributed by atoms with van der Waals surface area (Å²) in [6.45, 7) is 12.0. The van der Waals surface area contributed by atoms with Crippen molar-refractivity contribution in [2.75, 3.05) is 6.54 Å². The summed E-state index contributed by atoms with van der Waals surface area (Å²) in [5, 5.41) is 0. The van der Waals surface area contributed by atoms with Gasteiger partial charge in [0.05, 0.1) is 0 Å². The molecule has 0 aliphatic heterocycles. The van der Waals surface area contributed by atoms with Crippen LogP contribution in [-0.4, -0.2) is 17.5 Å². The molecular weight excluding hydrogens is 232 g/mol. The summed E-state index contributed by atoms with van der Waals surface area (Å²) < 4.78 is 0. The van der Waals surface area contributed by atoms with E-state index in [4.69, 9.17) is 5.73 Å². The number of hydrogen-bond acceptors (Lipinski definition) is 2. The van der Waals surface area contributed by atoms with Gasteiger partial charge in [-0.1, -0.05) is 52.0 Å². The highest BCUT2D eigenvalue weighted by atomic mass is 15.2. The number of nitrogens with two attached hydrogens (primary N) is 1. The van der Waals surface area contributed by atoms with E-state index in [2.05, 4.69) is 56.9 Å². The largest absolute Gasteiger partial charge is 0.326 e. The summed E-state index contributed by atoms with van der Waals surface area (Å²) in [5.41, 5.74) is 8.25. The van der Waals surface area contributed by atoms with Crippen molar-refractivity contribution in [2.24, 2.45) is 11.7 Å². The summed E-state index contributed by atoms with van der Waals surface area (Å²) >= 11 is 0. The molecule has 0 bridgehead atoms. The topological polar surface area (TPSA) is 29.3 Å². The standard InChI is InChI=1S/C17H30N2/c1-5-17(6-2)19(12-14(3)4)13-16-9-7-15(11-18)8-10-16/h7-10,14,17H,5-6,11-13,18H2,1-4H3. The van der Waals surface area contributed by atoms with Crippen molar-refractivity contribution in [2.45, 2.75) is 59.7 Å². The normalized spacial score (nSPS) is 11.8. The van der Waals surface area contributed by atoms with Gasteiger partial charge in [-0.15, -0.1) is 0 Å². The first-order valence-electron chi connectivity index (χ1n) is 7.62. The molecule has 0 heterocycles. The van der Waals surface area contributed by atoms with Crippen molar-refractivity contribution in [3.63, 3.8) is 0 Å². The highest BCUT2D eigenvalue weighted by molar-refractivity contribution is 5.22. The molecule has 0 fully saturated rings. The highest BCUT2D eigenvalue weighted by Crippen LogP contribution is 2.16. The van der Waals surface area contributed by atoms with Crippen LogP contribution in [0, 0.1) is 5.92 Å². The predicted octanol–water partition coefficient (Wildman–Crippen LogP) is 3.79. The maximum atomic E-state index is 5.65. The summed E-state index contributed by atoms with van der Waals surface area (Å²) in [7, 11) is 0. The fourth-order valence-electron chi connectivity index (χ4n) is 2.63. The Morgan fingerprint density at radius 1 is 1.00 bits per heavy atom. The van der Waals surface area contributed by atoms with Crippen LogP contribution in [0.3, 0.4) is 0 Å². The van der Waals surface area contributed by atoms with Gasteiger partial charge in [0.15, 0.2) is 0 Å². The molecule has 0 atom stereocenters. The highest BCUT2D eigenvalue weighted by Gasteiger charge is 2.16. The van der Waals surface area contributed by atoms with E-state index >= 15 is 0 Å². The first-order chi connectivity index (χ1) is 9.10. The van der Waals surface area contributed by atoms with Crippen LogP contribution in [0.1, 0.15) is 51.7 Å². The fraction of sp³-hybridized carbons (Fsp3) is 0.647. The monoisotopic (exact) mass is 262 g/mol.